The first-order chi connectivity index (χ1) is 20.6. The molecule has 1 unspecified atom stereocenters. The van der Waals surface area contributed by atoms with Gasteiger partial charge in [-0.1, -0.05) is 36.4 Å². The highest BCUT2D eigenvalue weighted by Crippen LogP contribution is 2.56. The molecule has 0 aromatic heterocycles. The molecule has 3 aromatic carbocycles. The predicted octanol–water partition coefficient (Wildman–Crippen LogP) is 7.02. The minimum Gasteiger partial charge on any atom is -0.367 e. The molecular weight excluding hydrogens is 565 g/mol. The summed E-state index contributed by atoms with van der Waals surface area (Å²) in [6.07, 6.45) is 1.42. The molecule has 43 heavy (non-hydrogen) atoms. The summed E-state index contributed by atoms with van der Waals surface area (Å²) in [5.74, 6) is -4.08. The van der Waals surface area contributed by atoms with E-state index in [1.54, 1.807) is 31.2 Å². The van der Waals surface area contributed by atoms with Crippen molar-refractivity contribution in [1.82, 2.24) is 5.32 Å². The summed E-state index contributed by atoms with van der Waals surface area (Å²) in [6, 6.07) is 10.9. The van der Waals surface area contributed by atoms with Crippen LogP contribution in [-0.4, -0.2) is 37.6 Å². The van der Waals surface area contributed by atoms with Crippen molar-refractivity contribution in [3.8, 4) is 11.1 Å². The zero-order chi connectivity index (χ0) is 30.5. The van der Waals surface area contributed by atoms with Gasteiger partial charge in [-0.3, -0.25) is 9.59 Å². The first-order valence-corrected chi connectivity index (χ1v) is 14.4. The SMILES string of the molecule is CC=CCc1c(F)c(N2CCCCC2)c(N2Cc3ccccc3C2=O)c2c1C(C(=O)NCC(F)(F)F)c1cc(F)ccc1-2. The van der Waals surface area contributed by atoms with E-state index in [0.717, 1.165) is 30.9 Å². The second kappa shape index (κ2) is 11.1. The zero-order valence-corrected chi connectivity index (χ0v) is 23.5. The van der Waals surface area contributed by atoms with Crippen molar-refractivity contribution in [2.45, 2.75) is 51.2 Å². The van der Waals surface area contributed by atoms with Gasteiger partial charge in [0.05, 0.1) is 23.8 Å². The number of halogens is 5. The van der Waals surface area contributed by atoms with E-state index in [9.17, 15) is 27.2 Å². The average Bonchev–Trinajstić information content (AvgIpc) is 3.49. The van der Waals surface area contributed by atoms with Gasteiger partial charge in [0, 0.05) is 24.2 Å². The Morgan fingerprint density at radius 1 is 1.02 bits per heavy atom. The normalized spacial score (nSPS) is 17.8. The molecular formula is C33H30F5N3O2. The number of anilines is 2. The van der Waals surface area contributed by atoms with Crippen molar-refractivity contribution in [2.75, 3.05) is 29.4 Å². The van der Waals surface area contributed by atoms with Crippen LogP contribution in [0.3, 0.4) is 0 Å². The number of amides is 2. The van der Waals surface area contributed by atoms with Gasteiger partial charge < -0.3 is 15.1 Å². The lowest BCUT2D eigenvalue weighted by molar-refractivity contribution is -0.138. The van der Waals surface area contributed by atoms with Crippen molar-refractivity contribution >= 4 is 23.2 Å². The van der Waals surface area contributed by atoms with E-state index in [2.05, 4.69) is 0 Å². The van der Waals surface area contributed by atoms with Crippen molar-refractivity contribution < 1.29 is 31.5 Å². The van der Waals surface area contributed by atoms with Gasteiger partial charge in [0.25, 0.3) is 5.91 Å². The highest BCUT2D eigenvalue weighted by Gasteiger charge is 2.45. The van der Waals surface area contributed by atoms with Crippen LogP contribution in [-0.2, 0) is 17.8 Å². The fourth-order valence-corrected chi connectivity index (χ4v) is 6.61. The summed E-state index contributed by atoms with van der Waals surface area (Å²) in [6.45, 7) is 1.42. The van der Waals surface area contributed by atoms with E-state index in [0.29, 0.717) is 29.8 Å². The van der Waals surface area contributed by atoms with Crippen LogP contribution in [0.15, 0.2) is 54.6 Å². The minimum atomic E-state index is -4.68. The number of fused-ring (bicyclic) bond motifs is 4. The first-order valence-electron chi connectivity index (χ1n) is 14.4. The maximum atomic E-state index is 17.1. The van der Waals surface area contributed by atoms with Crippen molar-refractivity contribution in [1.29, 1.82) is 0 Å². The number of rotatable bonds is 6. The van der Waals surface area contributed by atoms with E-state index >= 15 is 4.39 Å². The maximum Gasteiger partial charge on any atom is 0.405 e. The summed E-state index contributed by atoms with van der Waals surface area (Å²) in [7, 11) is 0. The third-order valence-electron chi connectivity index (χ3n) is 8.46. The van der Waals surface area contributed by atoms with Crippen LogP contribution < -0.4 is 15.1 Å². The Kier molecular flexibility index (Phi) is 7.48. The Morgan fingerprint density at radius 2 is 1.77 bits per heavy atom. The van der Waals surface area contributed by atoms with Crippen LogP contribution in [0.4, 0.5) is 33.3 Å². The Bertz CT molecular complexity index is 1640. The van der Waals surface area contributed by atoms with Crippen molar-refractivity contribution in [3.05, 3.63) is 94.1 Å². The number of allylic oxidation sites excluding steroid dienone is 2. The molecule has 1 aliphatic carbocycles. The molecule has 0 saturated carbocycles. The molecule has 2 amide bonds. The summed E-state index contributed by atoms with van der Waals surface area (Å²) in [4.78, 5) is 30.9. The highest BCUT2D eigenvalue weighted by molar-refractivity contribution is 6.15. The molecule has 3 aromatic rings. The van der Waals surface area contributed by atoms with Gasteiger partial charge >= 0.3 is 6.18 Å². The third-order valence-corrected chi connectivity index (χ3v) is 8.46. The lowest BCUT2D eigenvalue weighted by atomic mass is 9.88. The summed E-state index contributed by atoms with van der Waals surface area (Å²) in [5.41, 5.74) is 2.92. The second-order valence-corrected chi connectivity index (χ2v) is 11.1. The molecule has 10 heteroatoms. The van der Waals surface area contributed by atoms with Gasteiger partial charge in [-0.2, -0.15) is 13.2 Å². The van der Waals surface area contributed by atoms with Gasteiger partial charge in [0.1, 0.15) is 12.4 Å². The maximum absolute atomic E-state index is 17.1. The zero-order valence-electron chi connectivity index (χ0n) is 23.5. The molecule has 1 atom stereocenters. The highest BCUT2D eigenvalue weighted by atomic mass is 19.4. The van der Waals surface area contributed by atoms with Gasteiger partial charge in [-0.05, 0) is 78.6 Å². The van der Waals surface area contributed by atoms with Crippen molar-refractivity contribution in [2.24, 2.45) is 0 Å². The molecule has 0 spiro atoms. The minimum absolute atomic E-state index is 0.0550. The second-order valence-electron chi connectivity index (χ2n) is 11.1. The van der Waals surface area contributed by atoms with Gasteiger partial charge in [-0.25, -0.2) is 8.78 Å². The number of carbonyl (C=O) groups is 2. The van der Waals surface area contributed by atoms with E-state index < -0.39 is 36.2 Å². The average molecular weight is 596 g/mol. The van der Waals surface area contributed by atoms with E-state index in [1.807, 2.05) is 22.3 Å². The molecule has 1 saturated heterocycles. The molecule has 2 aliphatic heterocycles. The van der Waals surface area contributed by atoms with Crippen LogP contribution >= 0.6 is 0 Å². The Morgan fingerprint density at radius 3 is 2.47 bits per heavy atom. The van der Waals surface area contributed by atoms with Gasteiger partial charge in [0.2, 0.25) is 5.91 Å². The number of nitrogens with one attached hydrogen (secondary N) is 1. The molecule has 2 heterocycles. The quantitative estimate of drug-likeness (QED) is 0.246. The number of benzene rings is 3. The third kappa shape index (κ3) is 5.06. The standard InChI is InChI=1S/C33H30F5N3O2/c1-2-3-10-23-25-26(22-13-12-20(34)16-24(22)27(25)31(42)39-18-33(36,37)38)29(30(28(23)35)40-14-7-4-8-15-40)41-17-19-9-5-6-11-21(19)32(41)43/h2-3,5-6,9,11-13,16,27H,4,7-8,10,14-15,17-18H2,1H3,(H,39,42). The lowest BCUT2D eigenvalue weighted by Gasteiger charge is -2.35. The van der Waals surface area contributed by atoms with E-state index in [4.69, 9.17) is 0 Å². The fraction of sp³-hybridized carbons (Fsp3) is 0.333. The Balaban J connectivity index is 1.66. The summed E-state index contributed by atoms with van der Waals surface area (Å²) in [5, 5.41) is 1.94. The molecule has 0 radical (unpaired) electrons. The topological polar surface area (TPSA) is 52.7 Å². The molecule has 3 aliphatic rings. The summed E-state index contributed by atoms with van der Waals surface area (Å²) < 4.78 is 71.4. The smallest absolute Gasteiger partial charge is 0.367 e. The van der Waals surface area contributed by atoms with E-state index in [-0.39, 0.29) is 46.9 Å². The molecule has 1 N–H and O–H groups in total. The number of nitrogens with zero attached hydrogens (tertiary/aromatic N) is 2. The lowest BCUT2D eigenvalue weighted by Crippen LogP contribution is -2.37. The Hall–Kier alpha value is -4.21. The number of hydrogen-bond donors (Lipinski definition) is 1. The first kappa shape index (κ1) is 28.9. The van der Waals surface area contributed by atoms with Crippen LogP contribution in [0.25, 0.3) is 11.1 Å². The summed E-state index contributed by atoms with van der Waals surface area (Å²) >= 11 is 0. The molecule has 5 nitrogen and oxygen atoms in total. The van der Waals surface area contributed by atoms with Crippen LogP contribution in [0.1, 0.15) is 64.7 Å². The molecule has 224 valence electrons. The molecule has 1 fully saturated rings. The predicted molar refractivity (Wildman–Crippen MR) is 154 cm³/mol. The van der Waals surface area contributed by atoms with Crippen LogP contribution in [0.2, 0.25) is 0 Å². The Labute approximate surface area is 246 Å². The van der Waals surface area contributed by atoms with Crippen LogP contribution in [0.5, 0.6) is 0 Å². The molecule has 6 rings (SSSR count). The van der Waals surface area contributed by atoms with Gasteiger partial charge in [0.15, 0.2) is 5.82 Å². The van der Waals surface area contributed by atoms with Crippen molar-refractivity contribution in [3.63, 3.8) is 0 Å². The van der Waals surface area contributed by atoms with Gasteiger partial charge in [-0.15, -0.1) is 0 Å². The number of carbonyl (C=O) groups excluding carboxylic acids is 2. The van der Waals surface area contributed by atoms with Crippen LogP contribution in [0, 0.1) is 11.6 Å². The number of alkyl halides is 3. The molecule has 0 bridgehead atoms. The monoisotopic (exact) mass is 595 g/mol. The van der Waals surface area contributed by atoms with E-state index in [1.165, 1.54) is 17.0 Å². The number of piperidine rings is 1. The number of hydrogen-bond acceptors (Lipinski definition) is 3. The fourth-order valence-electron chi connectivity index (χ4n) is 6.61. The largest absolute Gasteiger partial charge is 0.405 e.